The molecule has 188 valence electrons. The Morgan fingerprint density at radius 2 is 1.71 bits per heavy atom. The van der Waals surface area contributed by atoms with Crippen molar-refractivity contribution in [3.05, 3.63) is 76.9 Å². The molecule has 0 radical (unpaired) electrons. The second-order valence-electron chi connectivity index (χ2n) is 8.62. The second kappa shape index (κ2) is 14.0. The molecule has 1 aliphatic heterocycles. The van der Waals surface area contributed by atoms with Crippen LogP contribution in [-0.4, -0.2) is 59.6 Å². The number of hydrogen-bond acceptors (Lipinski definition) is 5. The van der Waals surface area contributed by atoms with Crippen molar-refractivity contribution in [2.45, 2.75) is 39.2 Å². The number of rotatable bonds is 9. The molecule has 0 saturated carbocycles. The highest BCUT2D eigenvalue weighted by molar-refractivity contribution is 5.93. The Morgan fingerprint density at radius 3 is 2.31 bits per heavy atom. The summed E-state index contributed by atoms with van der Waals surface area (Å²) in [6, 6.07) is 15.1. The average molecular weight is 482 g/mol. The number of likely N-dealkylation sites (N-methyl/N-ethyl adjacent to an activating group) is 1. The quantitative estimate of drug-likeness (QED) is 0.319. The second-order valence-corrected chi connectivity index (χ2v) is 8.62. The number of anilines is 1. The Balaban J connectivity index is 0.000000466. The first-order valence-electron chi connectivity index (χ1n) is 11.7. The van der Waals surface area contributed by atoms with E-state index in [2.05, 4.69) is 72.8 Å². The van der Waals surface area contributed by atoms with Gasteiger partial charge in [-0.05, 0) is 49.7 Å². The van der Waals surface area contributed by atoms with Crippen molar-refractivity contribution in [1.82, 2.24) is 10.2 Å². The molecule has 0 fully saturated rings. The molecule has 2 aromatic rings. The van der Waals surface area contributed by atoms with E-state index in [-0.39, 0.29) is 5.91 Å². The predicted molar refractivity (Wildman–Crippen MR) is 137 cm³/mol. The van der Waals surface area contributed by atoms with Gasteiger partial charge < -0.3 is 25.7 Å². The number of carboxylic acids is 2. The number of aliphatic carboxylic acids is 2. The van der Waals surface area contributed by atoms with Crippen molar-refractivity contribution in [2.24, 2.45) is 0 Å². The van der Waals surface area contributed by atoms with Gasteiger partial charge in [0, 0.05) is 36.8 Å². The van der Waals surface area contributed by atoms with E-state index in [1.807, 2.05) is 6.07 Å². The Morgan fingerprint density at radius 1 is 1.06 bits per heavy atom. The molecule has 3 rings (SSSR count). The lowest BCUT2D eigenvalue weighted by Crippen LogP contribution is -2.33. The Kier molecular flexibility index (Phi) is 11.1. The summed E-state index contributed by atoms with van der Waals surface area (Å²) in [6.07, 6.45) is 3.34. The highest BCUT2D eigenvalue weighted by Gasteiger charge is 2.26. The number of fused-ring (bicyclic) bond motifs is 1. The zero-order valence-electron chi connectivity index (χ0n) is 20.6. The molecular weight excluding hydrogens is 446 g/mol. The number of aryl methyl sites for hydroxylation is 1. The van der Waals surface area contributed by atoms with Crippen molar-refractivity contribution in [3.63, 3.8) is 0 Å². The van der Waals surface area contributed by atoms with Gasteiger partial charge in [-0.1, -0.05) is 55.3 Å². The van der Waals surface area contributed by atoms with Crippen LogP contribution in [0, 0.1) is 6.92 Å². The third-order valence-corrected chi connectivity index (χ3v) is 5.62. The maximum Gasteiger partial charge on any atom is 0.328 e. The number of hydrogen-bond donors (Lipinski definition) is 4. The van der Waals surface area contributed by atoms with E-state index in [9.17, 15) is 14.4 Å². The standard InChI is InChI=1S/C23H31N3O.C4H4O4/c1-4-5-13-24-14-23(27)25-22-8-6-7-19-20(15-26(3)16-21(19)22)18-11-9-17(2)10-12-18;5-3(6)1-2-4(7)8/h6-12,20,24H,4-5,13-16H2,1-3H3,(H,25,27);1-2H,(H,5,6)(H,7,8)/b;2-1-. The molecule has 0 aliphatic carbocycles. The summed E-state index contributed by atoms with van der Waals surface area (Å²) in [4.78, 5) is 33.8. The maximum atomic E-state index is 12.3. The fraction of sp³-hybridized carbons (Fsp3) is 0.370. The molecule has 0 saturated heterocycles. The SMILES string of the molecule is CCCCNCC(=O)Nc1cccc2c1CN(C)CC2c1ccc(C)cc1.O=C(O)/C=C\C(=O)O. The van der Waals surface area contributed by atoms with Gasteiger partial charge in [-0.15, -0.1) is 0 Å². The maximum absolute atomic E-state index is 12.3. The van der Waals surface area contributed by atoms with E-state index >= 15 is 0 Å². The van der Waals surface area contributed by atoms with Crippen LogP contribution in [0.4, 0.5) is 5.69 Å². The van der Waals surface area contributed by atoms with Gasteiger partial charge >= 0.3 is 11.9 Å². The van der Waals surface area contributed by atoms with Crippen molar-refractivity contribution < 1.29 is 24.6 Å². The average Bonchev–Trinajstić information content (AvgIpc) is 2.81. The third kappa shape index (κ3) is 9.35. The van der Waals surface area contributed by atoms with Gasteiger partial charge in [-0.25, -0.2) is 9.59 Å². The number of benzene rings is 2. The first kappa shape index (κ1) is 27.8. The number of unbranched alkanes of at least 4 members (excludes halogenated alkanes) is 1. The van der Waals surface area contributed by atoms with E-state index in [1.54, 1.807) is 0 Å². The number of carbonyl (C=O) groups is 3. The molecule has 35 heavy (non-hydrogen) atoms. The van der Waals surface area contributed by atoms with Crippen LogP contribution in [0.25, 0.3) is 0 Å². The predicted octanol–water partition coefficient (Wildman–Crippen LogP) is 3.61. The Bertz CT molecular complexity index is 1020. The monoisotopic (exact) mass is 481 g/mol. The minimum atomic E-state index is -1.26. The fourth-order valence-electron chi connectivity index (χ4n) is 3.89. The topological polar surface area (TPSA) is 119 Å². The van der Waals surface area contributed by atoms with Crippen LogP contribution >= 0.6 is 0 Å². The molecule has 4 N–H and O–H groups in total. The summed E-state index contributed by atoms with van der Waals surface area (Å²) >= 11 is 0. The van der Waals surface area contributed by atoms with E-state index in [0.717, 1.165) is 38.2 Å². The van der Waals surface area contributed by atoms with Crippen LogP contribution in [0.1, 0.15) is 47.9 Å². The largest absolute Gasteiger partial charge is 0.478 e. The smallest absolute Gasteiger partial charge is 0.328 e. The van der Waals surface area contributed by atoms with Crippen molar-refractivity contribution in [2.75, 3.05) is 32.0 Å². The van der Waals surface area contributed by atoms with Gasteiger partial charge in [0.25, 0.3) is 0 Å². The molecule has 0 spiro atoms. The van der Waals surface area contributed by atoms with Crippen LogP contribution in [0.2, 0.25) is 0 Å². The highest BCUT2D eigenvalue weighted by atomic mass is 16.4. The van der Waals surface area contributed by atoms with Crippen LogP contribution in [0.3, 0.4) is 0 Å². The van der Waals surface area contributed by atoms with Crippen molar-refractivity contribution >= 4 is 23.5 Å². The molecule has 0 aromatic heterocycles. The summed E-state index contributed by atoms with van der Waals surface area (Å²) in [5.74, 6) is -2.15. The van der Waals surface area contributed by atoms with E-state index in [0.29, 0.717) is 24.6 Å². The highest BCUT2D eigenvalue weighted by Crippen LogP contribution is 2.36. The molecule has 0 bridgehead atoms. The summed E-state index contributed by atoms with van der Waals surface area (Å²) in [7, 11) is 2.15. The van der Waals surface area contributed by atoms with Crippen molar-refractivity contribution in [1.29, 1.82) is 0 Å². The molecule has 1 atom stereocenters. The number of nitrogens with zero attached hydrogens (tertiary/aromatic N) is 1. The summed E-state index contributed by atoms with van der Waals surface area (Å²) in [5, 5.41) is 22.0. The van der Waals surface area contributed by atoms with Gasteiger partial charge in [0.05, 0.1) is 6.54 Å². The Hall–Kier alpha value is -3.49. The molecule has 2 aromatic carbocycles. The number of amides is 1. The third-order valence-electron chi connectivity index (χ3n) is 5.62. The molecule has 8 heteroatoms. The van der Waals surface area contributed by atoms with Gasteiger partial charge in [0.2, 0.25) is 5.91 Å². The minimum absolute atomic E-state index is 0.0274. The lowest BCUT2D eigenvalue weighted by molar-refractivity contribution is -0.134. The number of nitrogens with one attached hydrogen (secondary N) is 2. The lowest BCUT2D eigenvalue weighted by Gasteiger charge is -2.34. The van der Waals surface area contributed by atoms with Crippen LogP contribution in [-0.2, 0) is 20.9 Å². The number of carboxylic acid groups (broad SMARTS) is 2. The van der Waals surface area contributed by atoms with E-state index < -0.39 is 11.9 Å². The van der Waals surface area contributed by atoms with Crippen LogP contribution in [0.15, 0.2) is 54.6 Å². The molecule has 1 heterocycles. The summed E-state index contributed by atoms with van der Waals surface area (Å²) in [5.41, 5.74) is 6.11. The van der Waals surface area contributed by atoms with Crippen molar-refractivity contribution in [3.8, 4) is 0 Å². The molecule has 1 unspecified atom stereocenters. The van der Waals surface area contributed by atoms with E-state index in [4.69, 9.17) is 10.2 Å². The van der Waals surface area contributed by atoms with Gasteiger partial charge in [-0.3, -0.25) is 4.79 Å². The lowest BCUT2D eigenvalue weighted by atomic mass is 9.84. The summed E-state index contributed by atoms with van der Waals surface area (Å²) < 4.78 is 0. The van der Waals surface area contributed by atoms with Crippen LogP contribution < -0.4 is 10.6 Å². The van der Waals surface area contributed by atoms with Gasteiger partial charge in [0.15, 0.2) is 0 Å². The zero-order valence-corrected chi connectivity index (χ0v) is 20.6. The van der Waals surface area contributed by atoms with Gasteiger partial charge in [-0.2, -0.15) is 0 Å². The molecule has 1 aliphatic rings. The fourth-order valence-corrected chi connectivity index (χ4v) is 3.89. The summed E-state index contributed by atoms with van der Waals surface area (Å²) in [6.45, 7) is 7.37. The first-order valence-corrected chi connectivity index (χ1v) is 11.7. The molecular formula is C27H35N3O5. The molecule has 1 amide bonds. The zero-order chi connectivity index (χ0) is 25.8. The Labute approximate surface area is 206 Å². The first-order chi connectivity index (χ1) is 16.7. The van der Waals surface area contributed by atoms with Crippen LogP contribution in [0.5, 0.6) is 0 Å². The van der Waals surface area contributed by atoms with E-state index in [1.165, 1.54) is 22.3 Å². The minimum Gasteiger partial charge on any atom is -0.478 e. The number of carbonyl (C=O) groups excluding carboxylic acids is 1. The van der Waals surface area contributed by atoms with Gasteiger partial charge in [0.1, 0.15) is 0 Å². The normalized spacial score (nSPS) is 15.1. The molecule has 8 nitrogen and oxygen atoms in total.